The van der Waals surface area contributed by atoms with Gasteiger partial charge < -0.3 is 15.4 Å². The third-order valence-corrected chi connectivity index (χ3v) is 6.20. The monoisotopic (exact) mass is 447 g/mol. The molecule has 1 aromatic carbocycles. The van der Waals surface area contributed by atoms with Gasteiger partial charge in [-0.2, -0.15) is 5.26 Å². The van der Waals surface area contributed by atoms with Crippen LogP contribution in [0.4, 0.5) is 0 Å². The molecule has 7 nitrogen and oxygen atoms in total. The number of carbonyl (C=O) groups is 3. The predicted octanol–water partition coefficient (Wildman–Crippen LogP) is 2.73. The van der Waals surface area contributed by atoms with E-state index in [-0.39, 0.29) is 22.4 Å². The number of ketones is 1. The fraction of sp³-hybridized carbons (Fsp3) is 0.333. The molecular formula is C21H19Cl2N3O4. The summed E-state index contributed by atoms with van der Waals surface area (Å²) in [6.07, 6.45) is 4.56. The number of Topliss-reactive ketones (excluding diaryl/α,β-unsaturated/α-hetero) is 1. The van der Waals surface area contributed by atoms with E-state index in [0.29, 0.717) is 11.1 Å². The van der Waals surface area contributed by atoms with E-state index >= 15 is 0 Å². The number of nitriles is 1. The first kappa shape index (κ1) is 21.9. The Morgan fingerprint density at radius 1 is 1.30 bits per heavy atom. The maximum atomic E-state index is 13.2. The van der Waals surface area contributed by atoms with Crippen LogP contribution in [0.1, 0.15) is 25.3 Å². The number of allylic oxidation sites excluding steroid dienone is 2. The smallest absolute Gasteiger partial charge is 0.329 e. The van der Waals surface area contributed by atoms with Crippen LogP contribution in [0, 0.1) is 16.7 Å². The quantitative estimate of drug-likeness (QED) is 0.693. The molecule has 2 aliphatic heterocycles. The molecule has 156 valence electrons. The van der Waals surface area contributed by atoms with E-state index in [0.717, 1.165) is 0 Å². The molecule has 2 heterocycles. The molecule has 2 N–H and O–H groups in total. The number of primary amides is 1. The number of hydrogen-bond acceptors (Lipinski definition) is 6. The number of hydrogen-bond donors (Lipinski definition) is 1. The van der Waals surface area contributed by atoms with Crippen LogP contribution in [0.5, 0.6) is 0 Å². The Bertz CT molecular complexity index is 1030. The predicted molar refractivity (Wildman–Crippen MR) is 110 cm³/mol. The normalized spacial score (nSPS) is 27.1. The van der Waals surface area contributed by atoms with E-state index in [4.69, 9.17) is 33.7 Å². The highest BCUT2D eigenvalue weighted by atomic mass is 35.5. The highest BCUT2D eigenvalue weighted by Gasteiger charge is 2.66. The highest BCUT2D eigenvalue weighted by molar-refractivity contribution is 6.42. The van der Waals surface area contributed by atoms with Gasteiger partial charge in [-0.3, -0.25) is 14.4 Å². The summed E-state index contributed by atoms with van der Waals surface area (Å²) in [4.78, 5) is 39.1. The van der Waals surface area contributed by atoms with Gasteiger partial charge in [0.25, 0.3) is 0 Å². The summed E-state index contributed by atoms with van der Waals surface area (Å²) in [5.74, 6) is -2.78. The zero-order valence-electron chi connectivity index (χ0n) is 16.3. The van der Waals surface area contributed by atoms with Gasteiger partial charge in [0.05, 0.1) is 28.8 Å². The number of ether oxygens (including phenoxy) is 1. The molecule has 30 heavy (non-hydrogen) atoms. The van der Waals surface area contributed by atoms with Crippen molar-refractivity contribution >= 4 is 40.9 Å². The molecule has 9 heteroatoms. The van der Waals surface area contributed by atoms with Gasteiger partial charge in [-0.15, -0.1) is 0 Å². The van der Waals surface area contributed by atoms with E-state index in [2.05, 4.69) is 6.07 Å². The van der Waals surface area contributed by atoms with Crippen LogP contribution in [-0.2, 0) is 19.1 Å². The minimum atomic E-state index is -1.80. The Labute approximate surface area is 183 Å². The van der Waals surface area contributed by atoms with Gasteiger partial charge in [-0.25, -0.2) is 0 Å². The van der Waals surface area contributed by atoms with Crippen LogP contribution >= 0.6 is 23.2 Å². The SMILES string of the molecule is CCOC(=O)[C@]1(C#N)[C@H](c2ccc(Cl)c(Cl)c2)[C@H](C(N)=O)N2C=C(C(C)=O)C=C[C@@H]21. The maximum Gasteiger partial charge on any atom is 0.329 e. The fourth-order valence-corrected chi connectivity index (χ4v) is 4.48. The van der Waals surface area contributed by atoms with Gasteiger partial charge in [0.2, 0.25) is 5.91 Å². The average molecular weight is 448 g/mol. The molecule has 0 aromatic heterocycles. The lowest BCUT2D eigenvalue weighted by atomic mass is 9.68. The lowest BCUT2D eigenvalue weighted by molar-refractivity contribution is -0.153. The number of rotatable bonds is 5. The molecular weight excluding hydrogens is 429 g/mol. The number of carbonyl (C=O) groups excluding carboxylic acids is 3. The van der Waals surface area contributed by atoms with Crippen molar-refractivity contribution in [2.45, 2.75) is 31.8 Å². The van der Waals surface area contributed by atoms with Crippen molar-refractivity contribution < 1.29 is 19.1 Å². The van der Waals surface area contributed by atoms with Crippen molar-refractivity contribution in [2.75, 3.05) is 6.61 Å². The third kappa shape index (κ3) is 3.26. The summed E-state index contributed by atoms with van der Waals surface area (Å²) in [7, 11) is 0. The number of amides is 1. The Kier molecular flexibility index (Phi) is 5.93. The summed E-state index contributed by atoms with van der Waals surface area (Å²) >= 11 is 12.2. The van der Waals surface area contributed by atoms with Gasteiger partial charge in [0, 0.05) is 17.7 Å². The van der Waals surface area contributed by atoms with Crippen LogP contribution in [0.2, 0.25) is 10.0 Å². The highest BCUT2D eigenvalue weighted by Crippen LogP contribution is 2.54. The molecule has 0 spiro atoms. The Morgan fingerprint density at radius 2 is 2.00 bits per heavy atom. The number of nitrogens with two attached hydrogens (primary N) is 1. The molecule has 0 aliphatic carbocycles. The molecule has 2 aliphatic rings. The van der Waals surface area contributed by atoms with Crippen LogP contribution in [-0.4, -0.2) is 41.3 Å². The molecule has 0 radical (unpaired) electrons. The molecule has 1 fully saturated rings. The molecule has 1 saturated heterocycles. The molecule has 0 saturated carbocycles. The van der Waals surface area contributed by atoms with Crippen molar-refractivity contribution in [2.24, 2.45) is 11.1 Å². The van der Waals surface area contributed by atoms with Crippen molar-refractivity contribution in [3.8, 4) is 6.07 Å². The van der Waals surface area contributed by atoms with Crippen LogP contribution < -0.4 is 5.73 Å². The van der Waals surface area contributed by atoms with Gasteiger partial charge in [0.15, 0.2) is 11.2 Å². The summed E-state index contributed by atoms with van der Waals surface area (Å²) in [6.45, 7) is 3.05. The Balaban J connectivity index is 2.31. The zero-order chi connectivity index (χ0) is 22.2. The topological polar surface area (TPSA) is 113 Å². The molecule has 1 amide bonds. The molecule has 0 bridgehead atoms. The first-order chi connectivity index (χ1) is 14.2. The largest absolute Gasteiger partial charge is 0.465 e. The number of nitrogens with zero attached hydrogens (tertiary/aromatic N) is 2. The van der Waals surface area contributed by atoms with Gasteiger partial charge >= 0.3 is 5.97 Å². The van der Waals surface area contributed by atoms with Crippen molar-refractivity contribution in [1.82, 2.24) is 4.90 Å². The molecule has 3 rings (SSSR count). The molecule has 4 atom stereocenters. The minimum Gasteiger partial charge on any atom is -0.465 e. The van der Waals surface area contributed by atoms with E-state index in [1.807, 2.05) is 0 Å². The Morgan fingerprint density at radius 3 is 2.53 bits per heavy atom. The average Bonchev–Trinajstić information content (AvgIpc) is 3.01. The number of esters is 1. The fourth-order valence-electron chi connectivity index (χ4n) is 4.17. The van der Waals surface area contributed by atoms with Crippen LogP contribution in [0.15, 0.2) is 42.1 Å². The van der Waals surface area contributed by atoms with Gasteiger partial charge in [-0.1, -0.05) is 41.4 Å². The second kappa shape index (κ2) is 8.13. The van der Waals surface area contributed by atoms with Crippen molar-refractivity contribution in [3.63, 3.8) is 0 Å². The van der Waals surface area contributed by atoms with Crippen LogP contribution in [0.3, 0.4) is 0 Å². The summed E-state index contributed by atoms with van der Waals surface area (Å²) in [5.41, 5.74) is 4.68. The lowest BCUT2D eigenvalue weighted by Crippen LogP contribution is -2.45. The van der Waals surface area contributed by atoms with Crippen molar-refractivity contribution in [1.29, 1.82) is 5.26 Å². The van der Waals surface area contributed by atoms with Gasteiger partial charge in [0.1, 0.15) is 6.04 Å². The molecule has 0 unspecified atom stereocenters. The maximum absolute atomic E-state index is 13.2. The Hall–Kier alpha value is -2.82. The summed E-state index contributed by atoms with van der Waals surface area (Å²) < 4.78 is 5.26. The van der Waals surface area contributed by atoms with E-state index in [9.17, 15) is 19.6 Å². The summed E-state index contributed by atoms with van der Waals surface area (Å²) in [5, 5.41) is 10.8. The first-order valence-corrected chi connectivity index (χ1v) is 9.95. The minimum absolute atomic E-state index is 0.0442. The third-order valence-electron chi connectivity index (χ3n) is 5.46. The number of fused-ring (bicyclic) bond motifs is 1. The standard InChI is InChI=1S/C21H19Cl2N3O4/c1-3-30-20(29)21(10-24)16-7-5-13(11(2)27)9-26(16)18(19(25)28)17(21)12-4-6-14(22)15(23)8-12/h4-9,16-18H,3H2,1-2H3,(H2,25,28)/t16-,17-,18-,21+/m1/s1. The van der Waals surface area contributed by atoms with Crippen LogP contribution in [0.25, 0.3) is 0 Å². The number of halogens is 2. The first-order valence-electron chi connectivity index (χ1n) is 9.20. The van der Waals surface area contributed by atoms with Crippen molar-refractivity contribution in [3.05, 3.63) is 57.7 Å². The zero-order valence-corrected chi connectivity index (χ0v) is 17.8. The van der Waals surface area contributed by atoms with E-state index in [1.165, 1.54) is 36.2 Å². The second-order valence-electron chi connectivity index (χ2n) is 7.09. The molecule has 1 aromatic rings. The lowest BCUT2D eigenvalue weighted by Gasteiger charge is -2.32. The number of benzene rings is 1. The van der Waals surface area contributed by atoms with E-state index in [1.54, 1.807) is 19.1 Å². The second-order valence-corrected chi connectivity index (χ2v) is 7.91. The summed E-state index contributed by atoms with van der Waals surface area (Å²) in [6, 6.07) is 4.76. The van der Waals surface area contributed by atoms with Gasteiger partial charge in [-0.05, 0) is 31.5 Å². The van der Waals surface area contributed by atoms with E-state index < -0.39 is 35.3 Å².